The van der Waals surface area contributed by atoms with Crippen LogP contribution in [0.15, 0.2) is 47.2 Å². The number of likely N-dealkylation sites (N-methyl/N-ethyl adjacent to an activating group) is 1. The Labute approximate surface area is 174 Å². The van der Waals surface area contributed by atoms with Crippen molar-refractivity contribution >= 4 is 28.6 Å². The summed E-state index contributed by atoms with van der Waals surface area (Å²) >= 11 is 3.04. The number of aryl methyl sites for hydroxylation is 1. The van der Waals surface area contributed by atoms with Crippen LogP contribution in [0.1, 0.15) is 25.9 Å². The normalized spacial score (nSPS) is 11.0. The number of hydrogen-bond donors (Lipinski definition) is 0. The molecule has 0 spiro atoms. The van der Waals surface area contributed by atoms with E-state index in [1.165, 1.54) is 16.9 Å². The van der Waals surface area contributed by atoms with Crippen LogP contribution in [0.25, 0.3) is 0 Å². The molecule has 0 atom stereocenters. The van der Waals surface area contributed by atoms with Gasteiger partial charge in [-0.05, 0) is 50.2 Å². The van der Waals surface area contributed by atoms with E-state index < -0.39 is 0 Å². The van der Waals surface area contributed by atoms with E-state index in [1.807, 2.05) is 73.1 Å². The summed E-state index contributed by atoms with van der Waals surface area (Å²) in [6, 6.07) is 11.8. The Hall–Kier alpha value is -2.22. The fourth-order valence-electron chi connectivity index (χ4n) is 2.66. The highest BCUT2D eigenvalue weighted by Crippen LogP contribution is 2.19. The predicted molar refractivity (Wildman–Crippen MR) is 115 cm³/mol. The molecule has 5 nitrogen and oxygen atoms in total. The van der Waals surface area contributed by atoms with Crippen LogP contribution in [-0.4, -0.2) is 47.9 Å². The van der Waals surface area contributed by atoms with Gasteiger partial charge in [-0.15, -0.1) is 22.7 Å². The molecule has 7 heteroatoms. The van der Waals surface area contributed by atoms with Crippen molar-refractivity contribution in [3.63, 3.8) is 0 Å². The van der Waals surface area contributed by atoms with Crippen LogP contribution >= 0.6 is 22.7 Å². The minimum atomic E-state index is 0.0578. The molecular formula is C21H25N3O2S2. The highest BCUT2D eigenvalue weighted by molar-refractivity contribution is 7.12. The van der Waals surface area contributed by atoms with E-state index >= 15 is 0 Å². The summed E-state index contributed by atoms with van der Waals surface area (Å²) in [5, 5.41) is 4.85. The van der Waals surface area contributed by atoms with Crippen LogP contribution in [0.2, 0.25) is 0 Å². The quantitative estimate of drug-likeness (QED) is 0.523. The molecule has 0 N–H and O–H groups in total. The average Bonchev–Trinajstić information content (AvgIpc) is 3.35. The highest BCUT2D eigenvalue weighted by Gasteiger charge is 2.18. The Balaban J connectivity index is 1.63. The molecule has 0 aliphatic heterocycles. The molecule has 3 rings (SSSR count). The molecule has 0 aliphatic carbocycles. The van der Waals surface area contributed by atoms with E-state index in [1.54, 1.807) is 11.3 Å². The lowest BCUT2D eigenvalue weighted by molar-refractivity contribution is 0.0735. The topological polar surface area (TPSA) is 45.7 Å². The van der Waals surface area contributed by atoms with Crippen LogP contribution < -0.4 is 4.74 Å². The summed E-state index contributed by atoms with van der Waals surface area (Å²) in [6.45, 7) is 4.46. The molecular weight excluding hydrogens is 390 g/mol. The first-order valence-corrected chi connectivity index (χ1v) is 10.9. The maximum Gasteiger partial charge on any atom is 0.264 e. The highest BCUT2D eigenvalue weighted by atomic mass is 32.1. The fourth-order valence-corrected chi connectivity index (χ4v) is 4.05. The van der Waals surface area contributed by atoms with Crippen molar-refractivity contribution in [3.05, 3.63) is 68.3 Å². The molecule has 0 bridgehead atoms. The van der Waals surface area contributed by atoms with Gasteiger partial charge in [0.15, 0.2) is 0 Å². The molecule has 1 amide bonds. The zero-order valence-corrected chi connectivity index (χ0v) is 18.1. The fraction of sp³-hybridized carbons (Fsp3) is 0.333. The Kier molecular flexibility index (Phi) is 7.19. The third-order valence-electron chi connectivity index (χ3n) is 4.14. The smallest absolute Gasteiger partial charge is 0.264 e. The van der Waals surface area contributed by atoms with E-state index in [0.29, 0.717) is 19.7 Å². The second-order valence-electron chi connectivity index (χ2n) is 6.85. The van der Waals surface area contributed by atoms with E-state index in [-0.39, 0.29) is 5.91 Å². The van der Waals surface area contributed by atoms with Gasteiger partial charge >= 0.3 is 0 Å². The molecule has 0 saturated heterocycles. The number of aromatic nitrogens is 1. The third-order valence-corrected chi connectivity index (χ3v) is 5.87. The van der Waals surface area contributed by atoms with E-state index in [2.05, 4.69) is 9.88 Å². The number of ether oxygens (including phenoxy) is 1. The molecule has 2 aromatic heterocycles. The number of nitrogens with zero attached hydrogens (tertiary/aromatic N) is 3. The largest absolute Gasteiger partial charge is 0.486 e. The van der Waals surface area contributed by atoms with Gasteiger partial charge in [0.1, 0.15) is 17.4 Å². The van der Waals surface area contributed by atoms with Gasteiger partial charge in [0.25, 0.3) is 5.91 Å². The van der Waals surface area contributed by atoms with E-state index in [9.17, 15) is 4.79 Å². The first-order valence-electron chi connectivity index (χ1n) is 9.11. The Morgan fingerprint density at radius 2 is 2.00 bits per heavy atom. The minimum absolute atomic E-state index is 0.0578. The number of hydrogen-bond acceptors (Lipinski definition) is 6. The van der Waals surface area contributed by atoms with Gasteiger partial charge in [-0.3, -0.25) is 4.79 Å². The van der Waals surface area contributed by atoms with Crippen molar-refractivity contribution in [2.24, 2.45) is 0 Å². The lowest BCUT2D eigenvalue weighted by Gasteiger charge is -2.23. The number of thiophene rings is 1. The second-order valence-corrected chi connectivity index (χ2v) is 8.74. The standard InChI is InChI=1S/C21H25N3O2S2/c1-16-6-4-7-18(12-16)26-14-20-22-17(15-28-20)13-24(10-9-23(2)3)21(25)19-8-5-11-27-19/h4-8,11-12,15H,9-10,13-14H2,1-3H3. The van der Waals surface area contributed by atoms with Crippen LogP contribution in [0.5, 0.6) is 5.75 Å². The maximum absolute atomic E-state index is 12.8. The Morgan fingerprint density at radius 1 is 1.14 bits per heavy atom. The summed E-state index contributed by atoms with van der Waals surface area (Å²) < 4.78 is 5.84. The third kappa shape index (κ3) is 5.89. The number of carbonyl (C=O) groups is 1. The van der Waals surface area contributed by atoms with Crippen molar-refractivity contribution < 1.29 is 9.53 Å². The molecule has 1 aromatic carbocycles. The molecule has 2 heterocycles. The summed E-state index contributed by atoms with van der Waals surface area (Å²) in [5.41, 5.74) is 2.07. The number of carbonyl (C=O) groups excluding carboxylic acids is 1. The van der Waals surface area contributed by atoms with Crippen molar-refractivity contribution in [3.8, 4) is 5.75 Å². The monoisotopic (exact) mass is 415 g/mol. The van der Waals surface area contributed by atoms with Gasteiger partial charge < -0.3 is 14.5 Å². The van der Waals surface area contributed by atoms with E-state index in [0.717, 1.165) is 27.9 Å². The number of amides is 1. The lowest BCUT2D eigenvalue weighted by Crippen LogP contribution is -2.36. The number of rotatable bonds is 9. The van der Waals surface area contributed by atoms with Gasteiger partial charge in [0.05, 0.1) is 17.1 Å². The van der Waals surface area contributed by atoms with Crippen LogP contribution in [0.4, 0.5) is 0 Å². The van der Waals surface area contributed by atoms with Gasteiger partial charge in [0.2, 0.25) is 0 Å². The van der Waals surface area contributed by atoms with Crippen LogP contribution in [0, 0.1) is 6.92 Å². The zero-order valence-electron chi connectivity index (χ0n) is 16.4. The van der Waals surface area contributed by atoms with Crippen molar-refractivity contribution in [2.45, 2.75) is 20.1 Å². The van der Waals surface area contributed by atoms with Crippen LogP contribution in [0.3, 0.4) is 0 Å². The molecule has 28 heavy (non-hydrogen) atoms. The Bertz CT molecular complexity index is 891. The molecule has 0 saturated carbocycles. The molecule has 0 unspecified atom stereocenters. The molecule has 148 valence electrons. The number of thiazole rings is 1. The maximum atomic E-state index is 12.8. The second kappa shape index (κ2) is 9.82. The summed E-state index contributed by atoms with van der Waals surface area (Å²) in [5.74, 6) is 0.902. The van der Waals surface area contributed by atoms with Gasteiger partial charge in [-0.1, -0.05) is 18.2 Å². The van der Waals surface area contributed by atoms with Gasteiger partial charge in [-0.2, -0.15) is 0 Å². The minimum Gasteiger partial charge on any atom is -0.486 e. The van der Waals surface area contributed by atoms with Gasteiger partial charge in [0, 0.05) is 18.5 Å². The summed E-state index contributed by atoms with van der Waals surface area (Å²) in [6.07, 6.45) is 0. The first kappa shape index (κ1) is 20.5. The summed E-state index contributed by atoms with van der Waals surface area (Å²) in [4.78, 5) is 22.2. The molecule has 0 fully saturated rings. The average molecular weight is 416 g/mol. The van der Waals surface area contributed by atoms with Gasteiger partial charge in [-0.25, -0.2) is 4.98 Å². The zero-order chi connectivity index (χ0) is 19.9. The molecule has 3 aromatic rings. The lowest BCUT2D eigenvalue weighted by atomic mass is 10.2. The SMILES string of the molecule is Cc1cccc(OCc2nc(CN(CCN(C)C)C(=O)c3cccs3)cs2)c1. The Morgan fingerprint density at radius 3 is 2.71 bits per heavy atom. The van der Waals surface area contributed by atoms with Crippen molar-refractivity contribution in [1.29, 1.82) is 0 Å². The predicted octanol–water partition coefficient (Wildman–Crippen LogP) is 4.30. The summed E-state index contributed by atoms with van der Waals surface area (Å²) in [7, 11) is 4.02. The number of benzene rings is 1. The van der Waals surface area contributed by atoms with Crippen molar-refractivity contribution in [2.75, 3.05) is 27.2 Å². The molecule has 0 aliphatic rings. The van der Waals surface area contributed by atoms with E-state index in [4.69, 9.17) is 4.74 Å². The van der Waals surface area contributed by atoms with Crippen molar-refractivity contribution in [1.82, 2.24) is 14.8 Å². The van der Waals surface area contributed by atoms with Crippen LogP contribution in [-0.2, 0) is 13.2 Å². The first-order chi connectivity index (χ1) is 13.5. The molecule has 0 radical (unpaired) electrons.